The van der Waals surface area contributed by atoms with Crippen LogP contribution < -0.4 is 10.1 Å². The molecule has 1 amide bonds. The first-order valence-electron chi connectivity index (χ1n) is 9.47. The number of methoxy groups -OCH3 is 1. The molecule has 3 rings (SSSR count). The molecule has 8 nitrogen and oxygen atoms in total. The summed E-state index contributed by atoms with van der Waals surface area (Å²) in [5.74, 6) is -0.536. The number of aryl methyl sites for hydroxylation is 1. The molecule has 1 aromatic heterocycles. The van der Waals surface area contributed by atoms with E-state index in [1.54, 1.807) is 12.1 Å². The van der Waals surface area contributed by atoms with E-state index in [1.165, 1.54) is 30.6 Å². The van der Waals surface area contributed by atoms with Crippen molar-refractivity contribution in [2.24, 2.45) is 0 Å². The number of nitrogens with one attached hydrogen (secondary N) is 1. The number of carbonyl (C=O) groups excluding carboxylic acids is 2. The number of benzene rings is 2. The van der Waals surface area contributed by atoms with E-state index in [0.29, 0.717) is 17.9 Å². The highest BCUT2D eigenvalue weighted by Gasteiger charge is 2.26. The van der Waals surface area contributed by atoms with E-state index in [9.17, 15) is 19.7 Å². The van der Waals surface area contributed by atoms with E-state index in [2.05, 4.69) is 5.32 Å². The van der Waals surface area contributed by atoms with Gasteiger partial charge in [0.1, 0.15) is 21.3 Å². The molecule has 0 unspecified atom stereocenters. The first-order chi connectivity index (χ1) is 15.3. The van der Waals surface area contributed by atoms with Crippen LogP contribution in [0, 0.1) is 17.0 Å². The van der Waals surface area contributed by atoms with Gasteiger partial charge in [0.15, 0.2) is 0 Å². The second kappa shape index (κ2) is 9.80. The molecule has 0 spiro atoms. The Morgan fingerprint density at radius 1 is 1.19 bits per heavy atom. The molecule has 0 aliphatic carbocycles. The van der Waals surface area contributed by atoms with Gasteiger partial charge in [0, 0.05) is 22.1 Å². The van der Waals surface area contributed by atoms with Crippen LogP contribution in [0.2, 0.25) is 5.02 Å². The summed E-state index contributed by atoms with van der Waals surface area (Å²) >= 11 is 7.03. The summed E-state index contributed by atoms with van der Waals surface area (Å²) in [7, 11) is 1.26. The normalized spacial score (nSPS) is 10.5. The molecule has 0 saturated carbocycles. The minimum Gasteiger partial charge on any atom is -0.494 e. The van der Waals surface area contributed by atoms with Crippen LogP contribution >= 0.6 is 22.9 Å². The summed E-state index contributed by atoms with van der Waals surface area (Å²) < 4.78 is 10.4. The number of hydrogen-bond donors (Lipinski definition) is 1. The average Bonchev–Trinajstić information content (AvgIpc) is 3.09. The second-order valence-electron chi connectivity index (χ2n) is 6.56. The number of hydrogen-bond acceptors (Lipinski definition) is 7. The number of thiophene rings is 1. The van der Waals surface area contributed by atoms with Crippen molar-refractivity contribution in [2.75, 3.05) is 19.0 Å². The average molecular weight is 475 g/mol. The van der Waals surface area contributed by atoms with E-state index in [4.69, 9.17) is 21.1 Å². The van der Waals surface area contributed by atoms with Crippen LogP contribution in [0.4, 0.5) is 10.7 Å². The molecule has 10 heteroatoms. The van der Waals surface area contributed by atoms with Crippen molar-refractivity contribution in [1.29, 1.82) is 0 Å². The maximum Gasteiger partial charge on any atom is 0.341 e. The van der Waals surface area contributed by atoms with Crippen LogP contribution in [0.15, 0.2) is 42.5 Å². The molecule has 0 aliphatic rings. The summed E-state index contributed by atoms with van der Waals surface area (Å²) in [6, 6.07) is 11.0. The van der Waals surface area contributed by atoms with Gasteiger partial charge < -0.3 is 14.8 Å². The Bertz CT molecular complexity index is 1190. The van der Waals surface area contributed by atoms with Crippen molar-refractivity contribution >= 4 is 45.5 Å². The molecular formula is C22H19ClN2O6S. The lowest BCUT2D eigenvalue weighted by molar-refractivity contribution is -0.384. The van der Waals surface area contributed by atoms with Gasteiger partial charge in [-0.25, -0.2) is 4.79 Å². The molecule has 0 radical (unpaired) electrons. The number of rotatable bonds is 7. The summed E-state index contributed by atoms with van der Waals surface area (Å²) in [5, 5.41) is 14.0. The Hall–Kier alpha value is -3.43. The number of esters is 1. The number of halogens is 1. The van der Waals surface area contributed by atoms with Crippen molar-refractivity contribution in [3.8, 4) is 16.9 Å². The fourth-order valence-corrected chi connectivity index (χ4v) is 4.38. The quantitative estimate of drug-likeness (QED) is 0.266. The molecule has 1 heterocycles. The third-order valence-corrected chi connectivity index (χ3v) is 5.90. The lowest BCUT2D eigenvalue weighted by atomic mass is 10.0. The molecule has 0 fully saturated rings. The molecule has 3 aromatic rings. The van der Waals surface area contributed by atoms with Gasteiger partial charge in [0.2, 0.25) is 0 Å². The van der Waals surface area contributed by atoms with E-state index in [0.717, 1.165) is 16.5 Å². The highest BCUT2D eigenvalue weighted by atomic mass is 35.5. The third-order valence-electron chi connectivity index (χ3n) is 4.56. The number of nitro benzene ring substituents is 1. The molecular weight excluding hydrogens is 456 g/mol. The van der Waals surface area contributed by atoms with Gasteiger partial charge >= 0.3 is 5.97 Å². The maximum absolute atomic E-state index is 12.8. The smallest absolute Gasteiger partial charge is 0.341 e. The molecule has 0 atom stereocenters. The van der Waals surface area contributed by atoms with E-state index < -0.39 is 16.8 Å². The van der Waals surface area contributed by atoms with Crippen LogP contribution in [0.25, 0.3) is 11.1 Å². The van der Waals surface area contributed by atoms with Crippen molar-refractivity contribution < 1.29 is 24.0 Å². The summed E-state index contributed by atoms with van der Waals surface area (Å²) in [6.07, 6.45) is 0. The first kappa shape index (κ1) is 23.2. The van der Waals surface area contributed by atoms with E-state index >= 15 is 0 Å². The van der Waals surface area contributed by atoms with E-state index in [-0.39, 0.29) is 26.8 Å². The fraction of sp³-hybridized carbons (Fsp3) is 0.182. The minimum absolute atomic E-state index is 0.0330. The molecule has 0 saturated heterocycles. The van der Waals surface area contributed by atoms with Crippen molar-refractivity contribution in [1.82, 2.24) is 0 Å². The van der Waals surface area contributed by atoms with Crippen LogP contribution in [0.3, 0.4) is 0 Å². The monoisotopic (exact) mass is 474 g/mol. The molecule has 2 aromatic carbocycles. The highest BCUT2D eigenvalue weighted by molar-refractivity contribution is 7.17. The molecule has 0 bridgehead atoms. The van der Waals surface area contributed by atoms with Gasteiger partial charge in [-0.15, -0.1) is 11.3 Å². The topological polar surface area (TPSA) is 108 Å². The van der Waals surface area contributed by atoms with Crippen LogP contribution in [0.5, 0.6) is 5.75 Å². The number of carbonyl (C=O) groups is 2. The van der Waals surface area contributed by atoms with Gasteiger partial charge in [-0.05, 0) is 43.7 Å². The lowest BCUT2D eigenvalue weighted by Crippen LogP contribution is -2.14. The van der Waals surface area contributed by atoms with Crippen LogP contribution in [-0.4, -0.2) is 30.5 Å². The minimum atomic E-state index is -0.668. The first-order valence-corrected chi connectivity index (χ1v) is 10.7. The van der Waals surface area contributed by atoms with Gasteiger partial charge in [-0.2, -0.15) is 0 Å². The highest BCUT2D eigenvalue weighted by Crippen LogP contribution is 2.41. The number of nitrogens with zero attached hydrogens (tertiary/aromatic N) is 1. The predicted octanol–water partition coefficient (Wildman–Crippen LogP) is 5.72. The summed E-state index contributed by atoms with van der Waals surface area (Å²) in [5.41, 5.74) is 1.24. The molecule has 166 valence electrons. The zero-order chi connectivity index (χ0) is 23.4. The number of amides is 1. The Morgan fingerprint density at radius 2 is 1.88 bits per heavy atom. The maximum atomic E-state index is 12.8. The number of ether oxygens (including phenoxy) is 2. The Balaban J connectivity index is 2.01. The lowest BCUT2D eigenvalue weighted by Gasteiger charge is -2.09. The van der Waals surface area contributed by atoms with Gasteiger partial charge in [0.25, 0.3) is 11.6 Å². The number of nitro groups is 1. The molecule has 32 heavy (non-hydrogen) atoms. The van der Waals surface area contributed by atoms with Gasteiger partial charge in [0.05, 0.1) is 18.6 Å². The number of anilines is 1. The van der Waals surface area contributed by atoms with Crippen molar-refractivity contribution in [2.45, 2.75) is 13.8 Å². The Kier molecular flexibility index (Phi) is 7.12. The summed E-state index contributed by atoms with van der Waals surface area (Å²) in [6.45, 7) is 4.24. The van der Waals surface area contributed by atoms with Crippen LogP contribution in [-0.2, 0) is 4.74 Å². The SMILES string of the molecule is CCOc1ccc(-c2c(C)sc(NC(=O)c3ccc(Cl)c([N+](=O)[O-])c3)c2C(=O)OC)cc1. The van der Waals surface area contributed by atoms with E-state index in [1.807, 2.05) is 26.0 Å². The van der Waals surface area contributed by atoms with Crippen molar-refractivity contribution in [3.63, 3.8) is 0 Å². The second-order valence-corrected chi connectivity index (χ2v) is 8.20. The predicted molar refractivity (Wildman–Crippen MR) is 123 cm³/mol. The largest absolute Gasteiger partial charge is 0.494 e. The van der Waals surface area contributed by atoms with Gasteiger partial charge in [-0.3, -0.25) is 14.9 Å². The zero-order valence-corrected chi connectivity index (χ0v) is 19.0. The Morgan fingerprint density at radius 3 is 2.47 bits per heavy atom. The van der Waals surface area contributed by atoms with Crippen molar-refractivity contribution in [3.05, 3.63) is 73.6 Å². The zero-order valence-electron chi connectivity index (χ0n) is 17.4. The third kappa shape index (κ3) is 4.74. The van der Waals surface area contributed by atoms with Crippen LogP contribution in [0.1, 0.15) is 32.5 Å². The Labute approximate surface area is 192 Å². The summed E-state index contributed by atoms with van der Waals surface area (Å²) in [4.78, 5) is 36.7. The molecule has 1 N–H and O–H groups in total. The fourth-order valence-electron chi connectivity index (χ4n) is 3.13. The standard InChI is InChI=1S/C22H19ClN2O6S/c1-4-31-15-8-5-13(6-9-15)18-12(2)32-21(19(18)22(27)30-3)24-20(26)14-7-10-16(23)17(11-14)25(28)29/h5-11H,4H2,1-3H3,(H,24,26). The molecule has 0 aliphatic heterocycles. The van der Waals surface area contributed by atoms with Gasteiger partial charge in [-0.1, -0.05) is 23.7 Å².